The standard InChI is InChI=1S/C13H11NO/c1-2-5-11-10(4-1)7-9-15-13-12(11)6-3-8-14-13/h1-6,8H,7,9H2. The second-order valence-electron chi connectivity index (χ2n) is 3.61. The van der Waals surface area contributed by atoms with Crippen molar-refractivity contribution in [2.75, 3.05) is 6.61 Å². The maximum atomic E-state index is 5.62. The third kappa shape index (κ3) is 1.38. The van der Waals surface area contributed by atoms with Gasteiger partial charge in [0.05, 0.1) is 6.61 Å². The van der Waals surface area contributed by atoms with Crippen LogP contribution in [0, 0.1) is 0 Å². The first-order valence-electron chi connectivity index (χ1n) is 5.11. The molecule has 0 spiro atoms. The second-order valence-corrected chi connectivity index (χ2v) is 3.61. The SMILES string of the molecule is c1ccc2c(c1)CCOc1ncccc1-2. The number of ether oxygens (including phenoxy) is 1. The van der Waals surface area contributed by atoms with Crippen molar-refractivity contribution in [3.8, 4) is 17.0 Å². The summed E-state index contributed by atoms with van der Waals surface area (Å²) in [5, 5.41) is 0. The second kappa shape index (κ2) is 3.39. The molecule has 0 atom stereocenters. The lowest BCUT2D eigenvalue weighted by Crippen LogP contribution is -1.99. The molecule has 2 heterocycles. The Morgan fingerprint density at radius 2 is 1.87 bits per heavy atom. The van der Waals surface area contributed by atoms with Gasteiger partial charge in [0, 0.05) is 18.2 Å². The molecule has 74 valence electrons. The molecule has 0 radical (unpaired) electrons. The van der Waals surface area contributed by atoms with E-state index in [1.807, 2.05) is 6.07 Å². The van der Waals surface area contributed by atoms with E-state index in [4.69, 9.17) is 4.74 Å². The molecular weight excluding hydrogens is 186 g/mol. The summed E-state index contributed by atoms with van der Waals surface area (Å²) >= 11 is 0. The van der Waals surface area contributed by atoms with Crippen molar-refractivity contribution < 1.29 is 4.74 Å². The van der Waals surface area contributed by atoms with Gasteiger partial charge in [-0.05, 0) is 23.3 Å². The maximum Gasteiger partial charge on any atom is 0.221 e. The number of benzene rings is 1. The molecule has 1 aliphatic heterocycles. The minimum atomic E-state index is 0.709. The largest absolute Gasteiger partial charge is 0.477 e. The lowest BCUT2D eigenvalue weighted by atomic mass is 10.00. The molecule has 2 nitrogen and oxygen atoms in total. The summed E-state index contributed by atoms with van der Waals surface area (Å²) in [4.78, 5) is 4.26. The van der Waals surface area contributed by atoms with Gasteiger partial charge in [-0.1, -0.05) is 24.3 Å². The van der Waals surface area contributed by atoms with Crippen LogP contribution < -0.4 is 4.74 Å². The normalized spacial score (nSPS) is 13.3. The average Bonchev–Trinajstić information content (AvgIpc) is 2.48. The third-order valence-electron chi connectivity index (χ3n) is 2.69. The van der Waals surface area contributed by atoms with Crippen LogP contribution in [0.15, 0.2) is 42.6 Å². The van der Waals surface area contributed by atoms with E-state index in [2.05, 4.69) is 35.3 Å². The number of pyridine rings is 1. The van der Waals surface area contributed by atoms with E-state index in [0.717, 1.165) is 17.9 Å². The minimum Gasteiger partial charge on any atom is -0.477 e. The number of hydrogen-bond acceptors (Lipinski definition) is 2. The Kier molecular flexibility index (Phi) is 1.91. The number of rotatable bonds is 0. The van der Waals surface area contributed by atoms with Crippen LogP contribution in [0.25, 0.3) is 11.1 Å². The van der Waals surface area contributed by atoms with Crippen molar-refractivity contribution in [2.24, 2.45) is 0 Å². The van der Waals surface area contributed by atoms with Crippen molar-refractivity contribution in [3.05, 3.63) is 48.2 Å². The van der Waals surface area contributed by atoms with Crippen molar-refractivity contribution in [1.82, 2.24) is 4.98 Å². The Balaban J connectivity index is 2.27. The van der Waals surface area contributed by atoms with E-state index in [-0.39, 0.29) is 0 Å². The quantitative estimate of drug-likeness (QED) is 0.647. The van der Waals surface area contributed by atoms with Crippen LogP contribution in [-0.2, 0) is 6.42 Å². The Morgan fingerprint density at radius 1 is 1.00 bits per heavy atom. The van der Waals surface area contributed by atoms with Crippen LogP contribution in [-0.4, -0.2) is 11.6 Å². The Bertz CT molecular complexity index is 448. The molecule has 2 heteroatoms. The van der Waals surface area contributed by atoms with Gasteiger partial charge in [0.2, 0.25) is 5.88 Å². The van der Waals surface area contributed by atoms with Crippen molar-refractivity contribution in [2.45, 2.75) is 6.42 Å². The summed E-state index contributed by atoms with van der Waals surface area (Å²) < 4.78 is 5.62. The highest BCUT2D eigenvalue weighted by Crippen LogP contribution is 2.32. The first kappa shape index (κ1) is 8.48. The van der Waals surface area contributed by atoms with E-state index < -0.39 is 0 Å². The first-order chi connectivity index (χ1) is 7.45. The number of fused-ring (bicyclic) bond motifs is 3. The van der Waals surface area contributed by atoms with E-state index >= 15 is 0 Å². The Morgan fingerprint density at radius 3 is 2.87 bits per heavy atom. The summed E-state index contributed by atoms with van der Waals surface area (Å²) in [7, 11) is 0. The highest BCUT2D eigenvalue weighted by Gasteiger charge is 2.14. The number of nitrogens with zero attached hydrogens (tertiary/aromatic N) is 1. The van der Waals surface area contributed by atoms with Crippen molar-refractivity contribution >= 4 is 0 Å². The van der Waals surface area contributed by atoms with Crippen molar-refractivity contribution in [1.29, 1.82) is 0 Å². The summed E-state index contributed by atoms with van der Waals surface area (Å²) in [5.74, 6) is 0.752. The van der Waals surface area contributed by atoms with Gasteiger partial charge in [0.1, 0.15) is 0 Å². The molecule has 0 amide bonds. The van der Waals surface area contributed by atoms with Gasteiger partial charge in [-0.15, -0.1) is 0 Å². The summed E-state index contributed by atoms with van der Waals surface area (Å²) in [6.07, 6.45) is 2.72. The average molecular weight is 197 g/mol. The molecule has 0 aliphatic carbocycles. The fraction of sp³-hybridized carbons (Fsp3) is 0.154. The molecular formula is C13H11NO. The fourth-order valence-electron chi connectivity index (χ4n) is 1.97. The monoisotopic (exact) mass is 197 g/mol. The zero-order chi connectivity index (χ0) is 10.1. The highest BCUT2D eigenvalue weighted by atomic mass is 16.5. The predicted octanol–water partition coefficient (Wildman–Crippen LogP) is 2.68. The van der Waals surface area contributed by atoms with Crippen LogP contribution in [0.5, 0.6) is 5.88 Å². The molecule has 0 unspecified atom stereocenters. The zero-order valence-corrected chi connectivity index (χ0v) is 8.31. The van der Waals surface area contributed by atoms with Gasteiger partial charge in [-0.2, -0.15) is 0 Å². The molecule has 15 heavy (non-hydrogen) atoms. The molecule has 1 aromatic carbocycles. The van der Waals surface area contributed by atoms with Gasteiger partial charge in [-0.3, -0.25) is 0 Å². The minimum absolute atomic E-state index is 0.709. The zero-order valence-electron chi connectivity index (χ0n) is 8.31. The molecule has 1 aromatic heterocycles. The molecule has 0 fully saturated rings. The van der Waals surface area contributed by atoms with Gasteiger partial charge in [0.25, 0.3) is 0 Å². The summed E-state index contributed by atoms with van der Waals surface area (Å²) in [6, 6.07) is 12.4. The maximum absolute atomic E-state index is 5.62. The molecule has 0 N–H and O–H groups in total. The van der Waals surface area contributed by atoms with E-state index in [1.54, 1.807) is 6.20 Å². The van der Waals surface area contributed by atoms with Crippen LogP contribution >= 0.6 is 0 Å². The molecule has 3 rings (SSSR count). The molecule has 0 bridgehead atoms. The van der Waals surface area contributed by atoms with Crippen LogP contribution in [0.2, 0.25) is 0 Å². The molecule has 0 saturated heterocycles. The molecule has 0 saturated carbocycles. The van der Waals surface area contributed by atoms with Crippen molar-refractivity contribution in [3.63, 3.8) is 0 Å². The first-order valence-corrected chi connectivity index (χ1v) is 5.11. The lowest BCUT2D eigenvalue weighted by Gasteiger charge is -2.05. The summed E-state index contributed by atoms with van der Waals surface area (Å²) in [6.45, 7) is 0.709. The lowest BCUT2D eigenvalue weighted by molar-refractivity contribution is 0.314. The van der Waals surface area contributed by atoms with E-state index in [1.165, 1.54) is 11.1 Å². The Labute approximate surface area is 88.5 Å². The van der Waals surface area contributed by atoms with Crippen LogP contribution in [0.4, 0.5) is 0 Å². The topological polar surface area (TPSA) is 22.1 Å². The van der Waals surface area contributed by atoms with Gasteiger partial charge >= 0.3 is 0 Å². The highest BCUT2D eigenvalue weighted by molar-refractivity contribution is 5.72. The van der Waals surface area contributed by atoms with Gasteiger partial charge in [0.15, 0.2) is 0 Å². The van der Waals surface area contributed by atoms with Gasteiger partial charge < -0.3 is 4.74 Å². The molecule has 1 aliphatic rings. The Hall–Kier alpha value is -1.83. The van der Waals surface area contributed by atoms with Crippen LogP contribution in [0.3, 0.4) is 0 Å². The third-order valence-corrected chi connectivity index (χ3v) is 2.69. The van der Waals surface area contributed by atoms with Gasteiger partial charge in [-0.25, -0.2) is 4.98 Å². The fourth-order valence-corrected chi connectivity index (χ4v) is 1.97. The smallest absolute Gasteiger partial charge is 0.221 e. The van der Waals surface area contributed by atoms with E-state index in [0.29, 0.717) is 6.61 Å². The van der Waals surface area contributed by atoms with Crippen LogP contribution in [0.1, 0.15) is 5.56 Å². The summed E-state index contributed by atoms with van der Waals surface area (Å²) in [5.41, 5.74) is 3.69. The molecule has 2 aromatic rings. The predicted molar refractivity (Wildman–Crippen MR) is 58.9 cm³/mol. The number of aromatic nitrogens is 1. The number of hydrogen-bond donors (Lipinski definition) is 0. The van der Waals surface area contributed by atoms with E-state index in [9.17, 15) is 0 Å².